The smallest absolute Gasteiger partial charge is 0.274 e. The van der Waals surface area contributed by atoms with Gasteiger partial charge >= 0.3 is 0 Å². The third-order valence-corrected chi connectivity index (χ3v) is 5.08. The number of likely N-dealkylation sites (tertiary alicyclic amines) is 1. The summed E-state index contributed by atoms with van der Waals surface area (Å²) in [5, 5.41) is 0. The summed E-state index contributed by atoms with van der Waals surface area (Å²) in [5.74, 6) is 1.25. The van der Waals surface area contributed by atoms with Crippen molar-refractivity contribution in [3.8, 4) is 11.4 Å². The van der Waals surface area contributed by atoms with E-state index in [0.29, 0.717) is 18.0 Å². The van der Waals surface area contributed by atoms with Crippen LogP contribution in [0.4, 0.5) is 0 Å². The zero-order chi connectivity index (χ0) is 18.2. The predicted molar refractivity (Wildman–Crippen MR) is 104 cm³/mol. The highest BCUT2D eigenvalue weighted by molar-refractivity contribution is 5.61. The van der Waals surface area contributed by atoms with E-state index in [1.54, 1.807) is 6.20 Å². The quantitative estimate of drug-likeness (QED) is 0.610. The molecule has 0 radical (unpaired) electrons. The summed E-state index contributed by atoms with van der Waals surface area (Å²) in [6, 6.07) is 16.0. The molecule has 0 atom stereocenters. The van der Waals surface area contributed by atoms with E-state index in [9.17, 15) is 4.79 Å². The van der Waals surface area contributed by atoms with Crippen molar-refractivity contribution in [1.82, 2.24) is 24.3 Å². The molecule has 1 aromatic carbocycles. The number of aromatic amines is 1. The number of aromatic nitrogens is 4. The number of rotatable bonds is 4. The minimum atomic E-state index is -0.107. The van der Waals surface area contributed by atoms with E-state index >= 15 is 0 Å². The van der Waals surface area contributed by atoms with Gasteiger partial charge in [-0.05, 0) is 12.1 Å². The standard InChI is InChI=1S/C21H19N5O/c27-21-19-10-23-20(15-6-2-1-3-7-15)26(19)14-17(24-21)13-25-11-16(12-25)18-8-4-5-9-22-18/h1-10,14,16H,11-13H2,(H,24,27). The Hall–Kier alpha value is -3.25. The first kappa shape index (κ1) is 16.0. The lowest BCUT2D eigenvalue weighted by atomic mass is 9.95. The lowest BCUT2D eigenvalue weighted by Gasteiger charge is -2.38. The molecule has 0 saturated carbocycles. The number of nitrogens with zero attached hydrogens (tertiary/aromatic N) is 4. The average molecular weight is 357 g/mol. The first-order valence-electron chi connectivity index (χ1n) is 9.06. The molecule has 0 bridgehead atoms. The fraction of sp³-hybridized carbons (Fsp3) is 0.190. The summed E-state index contributed by atoms with van der Waals surface area (Å²) < 4.78 is 1.89. The number of benzene rings is 1. The Morgan fingerprint density at radius 1 is 1.04 bits per heavy atom. The lowest BCUT2D eigenvalue weighted by Crippen LogP contribution is -2.44. The molecular formula is C21H19N5O. The van der Waals surface area contributed by atoms with E-state index in [0.717, 1.165) is 35.9 Å². The molecule has 6 nitrogen and oxygen atoms in total. The van der Waals surface area contributed by atoms with E-state index < -0.39 is 0 Å². The van der Waals surface area contributed by atoms with Crippen molar-refractivity contribution in [3.05, 3.63) is 88.9 Å². The molecule has 0 unspecified atom stereocenters. The van der Waals surface area contributed by atoms with E-state index in [1.807, 2.05) is 59.3 Å². The maximum atomic E-state index is 12.5. The number of imidazole rings is 1. The summed E-state index contributed by atoms with van der Waals surface area (Å²) in [4.78, 5) is 26.7. The number of nitrogens with one attached hydrogen (secondary N) is 1. The second-order valence-corrected chi connectivity index (χ2v) is 6.96. The van der Waals surface area contributed by atoms with Crippen LogP contribution in [-0.2, 0) is 6.54 Å². The van der Waals surface area contributed by atoms with Crippen molar-refractivity contribution >= 4 is 5.52 Å². The average Bonchev–Trinajstić information content (AvgIpc) is 3.10. The third kappa shape index (κ3) is 2.94. The fourth-order valence-electron chi connectivity index (χ4n) is 3.68. The molecule has 1 saturated heterocycles. The third-order valence-electron chi connectivity index (χ3n) is 5.08. The summed E-state index contributed by atoms with van der Waals surface area (Å²) >= 11 is 0. The van der Waals surface area contributed by atoms with Crippen molar-refractivity contribution in [2.24, 2.45) is 0 Å². The largest absolute Gasteiger partial charge is 0.322 e. The van der Waals surface area contributed by atoms with Gasteiger partial charge in [0.15, 0.2) is 0 Å². The normalized spacial score (nSPS) is 15.1. The highest BCUT2D eigenvalue weighted by Crippen LogP contribution is 2.26. The summed E-state index contributed by atoms with van der Waals surface area (Å²) in [6.45, 7) is 2.61. The highest BCUT2D eigenvalue weighted by Gasteiger charge is 2.29. The Balaban J connectivity index is 1.39. The Morgan fingerprint density at radius 2 is 1.85 bits per heavy atom. The van der Waals surface area contributed by atoms with Gasteiger partial charge < -0.3 is 4.98 Å². The molecule has 0 spiro atoms. The molecule has 4 heterocycles. The molecule has 0 aliphatic carbocycles. The van der Waals surface area contributed by atoms with Crippen LogP contribution in [0.3, 0.4) is 0 Å². The summed E-state index contributed by atoms with van der Waals surface area (Å²) in [6.07, 6.45) is 5.46. The van der Waals surface area contributed by atoms with Crippen LogP contribution in [0.25, 0.3) is 16.9 Å². The van der Waals surface area contributed by atoms with Crippen LogP contribution in [0.1, 0.15) is 17.3 Å². The SMILES string of the molecule is O=c1[nH]c(CN2CC(c3ccccn3)C2)cn2c(-c3ccccc3)ncc12. The highest BCUT2D eigenvalue weighted by atomic mass is 16.1. The zero-order valence-electron chi connectivity index (χ0n) is 14.7. The van der Waals surface area contributed by atoms with Crippen LogP contribution in [0.2, 0.25) is 0 Å². The van der Waals surface area contributed by atoms with Gasteiger partial charge in [-0.15, -0.1) is 0 Å². The van der Waals surface area contributed by atoms with Gasteiger partial charge in [-0.1, -0.05) is 36.4 Å². The van der Waals surface area contributed by atoms with Crippen LogP contribution in [-0.4, -0.2) is 37.3 Å². The second kappa shape index (κ2) is 6.48. The van der Waals surface area contributed by atoms with Crippen molar-refractivity contribution in [2.45, 2.75) is 12.5 Å². The van der Waals surface area contributed by atoms with E-state index in [4.69, 9.17) is 0 Å². The maximum absolute atomic E-state index is 12.5. The van der Waals surface area contributed by atoms with Gasteiger partial charge in [-0.2, -0.15) is 0 Å². The molecule has 1 fully saturated rings. The van der Waals surface area contributed by atoms with Crippen LogP contribution in [0, 0.1) is 0 Å². The van der Waals surface area contributed by atoms with Gasteiger partial charge in [0.25, 0.3) is 5.56 Å². The number of H-pyrrole nitrogens is 1. The monoisotopic (exact) mass is 357 g/mol. The summed E-state index contributed by atoms with van der Waals surface area (Å²) in [7, 11) is 0. The number of fused-ring (bicyclic) bond motifs is 1. The molecule has 6 heteroatoms. The number of pyridine rings is 1. The van der Waals surface area contributed by atoms with Gasteiger partial charge in [0, 0.05) is 54.9 Å². The molecule has 1 N–H and O–H groups in total. The molecule has 134 valence electrons. The Kier molecular flexibility index (Phi) is 3.83. The molecule has 0 amide bonds. The first-order valence-corrected chi connectivity index (χ1v) is 9.06. The van der Waals surface area contributed by atoms with Gasteiger partial charge in [0.1, 0.15) is 11.3 Å². The minimum absolute atomic E-state index is 0.107. The molecule has 4 aromatic rings. The van der Waals surface area contributed by atoms with Crippen LogP contribution < -0.4 is 5.56 Å². The Morgan fingerprint density at radius 3 is 2.63 bits per heavy atom. The zero-order valence-corrected chi connectivity index (χ0v) is 14.7. The first-order chi connectivity index (χ1) is 13.3. The van der Waals surface area contributed by atoms with Crippen molar-refractivity contribution in [1.29, 1.82) is 0 Å². The summed E-state index contributed by atoms with van der Waals surface area (Å²) in [5.41, 5.74) is 3.48. The van der Waals surface area contributed by atoms with Crippen molar-refractivity contribution < 1.29 is 0 Å². The molecule has 1 aliphatic heterocycles. The molecule has 27 heavy (non-hydrogen) atoms. The number of hydrogen-bond donors (Lipinski definition) is 1. The van der Waals surface area contributed by atoms with Gasteiger partial charge in [0.05, 0.1) is 6.20 Å². The van der Waals surface area contributed by atoms with E-state index in [1.165, 1.54) is 0 Å². The lowest BCUT2D eigenvalue weighted by molar-refractivity contribution is 0.135. The van der Waals surface area contributed by atoms with Crippen LogP contribution in [0.5, 0.6) is 0 Å². The molecular weight excluding hydrogens is 338 g/mol. The number of hydrogen-bond acceptors (Lipinski definition) is 4. The van der Waals surface area contributed by atoms with Gasteiger partial charge in [-0.25, -0.2) is 4.98 Å². The Labute approximate surface area is 156 Å². The predicted octanol–water partition coefficient (Wildman–Crippen LogP) is 2.68. The van der Waals surface area contributed by atoms with E-state index in [-0.39, 0.29) is 5.56 Å². The second-order valence-electron chi connectivity index (χ2n) is 6.96. The van der Waals surface area contributed by atoms with Crippen molar-refractivity contribution in [3.63, 3.8) is 0 Å². The molecule has 3 aromatic heterocycles. The molecule has 5 rings (SSSR count). The maximum Gasteiger partial charge on any atom is 0.274 e. The van der Waals surface area contributed by atoms with Crippen LogP contribution >= 0.6 is 0 Å². The topological polar surface area (TPSA) is 66.3 Å². The van der Waals surface area contributed by atoms with Gasteiger partial charge in [0.2, 0.25) is 0 Å². The Bertz CT molecular complexity index is 1130. The molecule has 1 aliphatic rings. The van der Waals surface area contributed by atoms with Gasteiger partial charge in [-0.3, -0.25) is 19.1 Å². The fourth-order valence-corrected chi connectivity index (χ4v) is 3.68. The van der Waals surface area contributed by atoms with Crippen LogP contribution in [0.15, 0.2) is 71.9 Å². The van der Waals surface area contributed by atoms with E-state index in [2.05, 4.69) is 25.9 Å². The minimum Gasteiger partial charge on any atom is -0.322 e. The van der Waals surface area contributed by atoms with Crippen molar-refractivity contribution in [2.75, 3.05) is 13.1 Å².